The Morgan fingerprint density at radius 3 is 2.04 bits per heavy atom. The van der Waals surface area contributed by atoms with Gasteiger partial charge in [-0.15, -0.1) is 0 Å². The molecule has 0 bridgehead atoms. The van der Waals surface area contributed by atoms with E-state index in [2.05, 4.69) is 16.0 Å². The van der Waals surface area contributed by atoms with Crippen LogP contribution >= 0.6 is 23.2 Å². The predicted molar refractivity (Wildman–Crippen MR) is 107 cm³/mol. The van der Waals surface area contributed by atoms with Crippen molar-refractivity contribution in [2.45, 2.75) is 26.3 Å². The molecule has 2 amide bonds. The summed E-state index contributed by atoms with van der Waals surface area (Å²) < 4.78 is 0. The molecule has 0 spiro atoms. The van der Waals surface area contributed by atoms with Crippen LogP contribution in [0.25, 0.3) is 0 Å². The highest BCUT2D eigenvalue weighted by Gasteiger charge is 2.15. The summed E-state index contributed by atoms with van der Waals surface area (Å²) >= 11 is 11.8. The minimum atomic E-state index is -0.307. The molecular formula is C19H21Cl2N3O2. The molecule has 3 N–H and O–H groups in total. The highest BCUT2D eigenvalue weighted by molar-refractivity contribution is 6.35. The number of hydrogen-bond donors (Lipinski definition) is 3. The molecule has 0 saturated heterocycles. The van der Waals surface area contributed by atoms with Crippen LogP contribution in [0.1, 0.15) is 31.1 Å². The van der Waals surface area contributed by atoms with Crippen LogP contribution < -0.4 is 16.0 Å². The van der Waals surface area contributed by atoms with Gasteiger partial charge in [0.2, 0.25) is 5.91 Å². The first-order valence-corrected chi connectivity index (χ1v) is 8.80. The number of nitrogens with one attached hydrogen (secondary N) is 3. The van der Waals surface area contributed by atoms with Crippen LogP contribution in [0.5, 0.6) is 0 Å². The van der Waals surface area contributed by atoms with Gasteiger partial charge in [-0.3, -0.25) is 9.59 Å². The molecule has 2 aromatic rings. The van der Waals surface area contributed by atoms with Gasteiger partial charge in [-0.2, -0.15) is 0 Å². The maximum Gasteiger partial charge on any atom is 0.251 e. The number of halogens is 2. The van der Waals surface area contributed by atoms with E-state index in [-0.39, 0.29) is 23.9 Å². The van der Waals surface area contributed by atoms with E-state index in [0.717, 1.165) is 0 Å². The number of carbonyl (C=O) groups excluding carboxylic acids is 2. The van der Waals surface area contributed by atoms with Crippen LogP contribution in [-0.4, -0.2) is 23.9 Å². The highest BCUT2D eigenvalue weighted by Crippen LogP contribution is 2.22. The molecule has 0 saturated carbocycles. The van der Waals surface area contributed by atoms with Crippen molar-refractivity contribution in [1.29, 1.82) is 0 Å². The molecule has 0 heterocycles. The molecule has 0 atom stereocenters. The van der Waals surface area contributed by atoms with Crippen LogP contribution in [0.3, 0.4) is 0 Å². The fourth-order valence-corrected chi connectivity index (χ4v) is 2.69. The fourth-order valence-electron chi connectivity index (χ4n) is 2.16. The minimum absolute atomic E-state index is 0.0585. The van der Waals surface area contributed by atoms with Gasteiger partial charge in [0.15, 0.2) is 0 Å². The maximum atomic E-state index is 12.1. The quantitative estimate of drug-likeness (QED) is 0.696. The number of rotatable bonds is 5. The molecule has 7 heteroatoms. The molecule has 2 rings (SSSR count). The molecule has 0 aliphatic rings. The first kappa shape index (κ1) is 20.1. The monoisotopic (exact) mass is 393 g/mol. The van der Waals surface area contributed by atoms with Gasteiger partial charge < -0.3 is 16.0 Å². The van der Waals surface area contributed by atoms with Crippen molar-refractivity contribution in [3.8, 4) is 0 Å². The fraction of sp³-hybridized carbons (Fsp3) is 0.263. The molecule has 138 valence electrons. The Morgan fingerprint density at radius 2 is 1.50 bits per heavy atom. The third-order valence-electron chi connectivity index (χ3n) is 3.24. The largest absolute Gasteiger partial charge is 0.376 e. The molecule has 0 aliphatic carbocycles. The first-order valence-electron chi connectivity index (χ1n) is 8.05. The van der Waals surface area contributed by atoms with E-state index in [0.29, 0.717) is 27.0 Å². The Balaban J connectivity index is 1.90. The Morgan fingerprint density at radius 1 is 0.923 bits per heavy atom. The second-order valence-electron chi connectivity index (χ2n) is 6.84. The van der Waals surface area contributed by atoms with Crippen LogP contribution in [0, 0.1) is 0 Å². The van der Waals surface area contributed by atoms with Crippen molar-refractivity contribution in [3.05, 3.63) is 58.1 Å². The molecule has 0 radical (unpaired) electrons. The summed E-state index contributed by atoms with van der Waals surface area (Å²) in [7, 11) is 0. The SMILES string of the molecule is CC(C)(C)NC(=O)c1ccc(NC(=O)CNc2cc(Cl)cc(Cl)c2)cc1. The second-order valence-corrected chi connectivity index (χ2v) is 7.71. The summed E-state index contributed by atoms with van der Waals surface area (Å²) in [6, 6.07) is 11.7. The molecule has 0 aliphatic heterocycles. The first-order chi connectivity index (χ1) is 12.1. The van der Waals surface area contributed by atoms with Crippen molar-refractivity contribution in [1.82, 2.24) is 5.32 Å². The summed E-state index contributed by atoms with van der Waals surface area (Å²) in [6.45, 7) is 5.81. The summed E-state index contributed by atoms with van der Waals surface area (Å²) in [6.07, 6.45) is 0. The van der Waals surface area contributed by atoms with Gasteiger partial charge in [-0.05, 0) is 63.2 Å². The third kappa shape index (κ3) is 6.58. The Hall–Kier alpha value is -2.24. The van der Waals surface area contributed by atoms with E-state index in [1.54, 1.807) is 42.5 Å². The smallest absolute Gasteiger partial charge is 0.251 e. The van der Waals surface area contributed by atoms with Crippen molar-refractivity contribution in [2.75, 3.05) is 17.2 Å². The second kappa shape index (κ2) is 8.43. The standard InChI is InChI=1S/C19H21Cl2N3O2/c1-19(2,3)24-18(26)12-4-6-15(7-5-12)23-17(25)11-22-16-9-13(20)8-14(21)10-16/h4-10,22H,11H2,1-3H3,(H,23,25)(H,24,26). The third-order valence-corrected chi connectivity index (χ3v) is 3.67. The molecular weight excluding hydrogens is 373 g/mol. The lowest BCUT2D eigenvalue weighted by Crippen LogP contribution is -2.40. The predicted octanol–water partition coefficient (Wildman–Crippen LogP) is 4.57. The van der Waals surface area contributed by atoms with E-state index in [1.165, 1.54) is 0 Å². The molecule has 26 heavy (non-hydrogen) atoms. The van der Waals surface area contributed by atoms with Crippen molar-refractivity contribution in [2.24, 2.45) is 0 Å². The summed E-state index contributed by atoms with van der Waals surface area (Å²) in [5, 5.41) is 9.58. The summed E-state index contributed by atoms with van der Waals surface area (Å²) in [5.41, 5.74) is 1.49. The number of anilines is 2. The molecule has 0 fully saturated rings. The molecule has 0 aromatic heterocycles. The zero-order valence-electron chi connectivity index (χ0n) is 14.8. The van der Waals surface area contributed by atoms with Crippen molar-refractivity contribution in [3.63, 3.8) is 0 Å². The van der Waals surface area contributed by atoms with E-state index in [4.69, 9.17) is 23.2 Å². The van der Waals surface area contributed by atoms with Gasteiger partial charge >= 0.3 is 0 Å². The van der Waals surface area contributed by atoms with Gasteiger partial charge in [0.05, 0.1) is 6.54 Å². The van der Waals surface area contributed by atoms with E-state index < -0.39 is 0 Å². The molecule has 2 aromatic carbocycles. The van der Waals surface area contributed by atoms with Gasteiger partial charge in [0.1, 0.15) is 0 Å². The van der Waals surface area contributed by atoms with E-state index in [9.17, 15) is 9.59 Å². The van der Waals surface area contributed by atoms with E-state index in [1.807, 2.05) is 20.8 Å². The zero-order valence-corrected chi connectivity index (χ0v) is 16.3. The summed E-state index contributed by atoms with van der Waals surface area (Å²) in [4.78, 5) is 24.1. The highest BCUT2D eigenvalue weighted by atomic mass is 35.5. The zero-order chi connectivity index (χ0) is 19.3. The number of benzene rings is 2. The van der Waals surface area contributed by atoms with Gasteiger partial charge in [-0.25, -0.2) is 0 Å². The van der Waals surface area contributed by atoms with Crippen LogP contribution in [0.15, 0.2) is 42.5 Å². The van der Waals surface area contributed by atoms with Gasteiger partial charge in [0.25, 0.3) is 5.91 Å². The average Bonchev–Trinajstić information content (AvgIpc) is 2.51. The summed E-state index contributed by atoms with van der Waals surface area (Å²) in [5.74, 6) is -0.386. The lowest BCUT2D eigenvalue weighted by Gasteiger charge is -2.20. The number of carbonyl (C=O) groups is 2. The van der Waals surface area contributed by atoms with Crippen LogP contribution in [-0.2, 0) is 4.79 Å². The Labute approximate surface area is 163 Å². The number of amides is 2. The average molecular weight is 394 g/mol. The van der Waals surface area contributed by atoms with Gasteiger partial charge in [0, 0.05) is 32.5 Å². The van der Waals surface area contributed by atoms with Gasteiger partial charge in [-0.1, -0.05) is 23.2 Å². The number of hydrogen-bond acceptors (Lipinski definition) is 3. The minimum Gasteiger partial charge on any atom is -0.376 e. The topological polar surface area (TPSA) is 70.2 Å². The van der Waals surface area contributed by atoms with Crippen LogP contribution in [0.4, 0.5) is 11.4 Å². The van der Waals surface area contributed by atoms with Crippen molar-refractivity contribution < 1.29 is 9.59 Å². The Kier molecular flexibility index (Phi) is 6.51. The molecule has 5 nitrogen and oxygen atoms in total. The lowest BCUT2D eigenvalue weighted by atomic mass is 10.1. The van der Waals surface area contributed by atoms with E-state index >= 15 is 0 Å². The molecule has 0 unspecified atom stereocenters. The Bertz CT molecular complexity index is 779. The normalized spacial score (nSPS) is 11.0. The lowest BCUT2D eigenvalue weighted by molar-refractivity contribution is -0.114. The maximum absolute atomic E-state index is 12.1. The van der Waals surface area contributed by atoms with Crippen LogP contribution in [0.2, 0.25) is 10.0 Å². The van der Waals surface area contributed by atoms with Crippen molar-refractivity contribution >= 4 is 46.4 Å².